The summed E-state index contributed by atoms with van der Waals surface area (Å²) in [6.45, 7) is 0.177. The first-order chi connectivity index (χ1) is 12.3. The topological polar surface area (TPSA) is 106 Å². The van der Waals surface area contributed by atoms with E-state index in [4.69, 9.17) is 15.2 Å². The van der Waals surface area contributed by atoms with Crippen LogP contribution in [0, 0.1) is 11.3 Å². The molecule has 3 rings (SSSR count). The highest BCUT2D eigenvalue weighted by Gasteiger charge is 2.35. The smallest absolute Gasteiger partial charge is 0.420 e. The predicted octanol–water partition coefficient (Wildman–Crippen LogP) is 2.67. The summed E-state index contributed by atoms with van der Waals surface area (Å²) in [7, 11) is 1.49. The minimum absolute atomic E-state index is 0.115. The molecule has 10 heteroatoms. The zero-order valence-electron chi connectivity index (χ0n) is 13.4. The Hall–Kier alpha value is -3.19. The molecule has 3 N–H and O–H groups in total. The van der Waals surface area contributed by atoms with Crippen molar-refractivity contribution in [2.45, 2.75) is 18.9 Å². The number of H-pyrrole nitrogens is 1. The molecule has 0 spiro atoms. The minimum atomic E-state index is -4.79. The van der Waals surface area contributed by atoms with Gasteiger partial charge in [-0.3, -0.25) is 5.10 Å². The number of fused-ring (bicyclic) bond motifs is 1. The van der Waals surface area contributed by atoms with Gasteiger partial charge >= 0.3 is 6.36 Å². The molecule has 0 bridgehead atoms. The monoisotopic (exact) mass is 366 g/mol. The molecule has 0 amide bonds. The second-order valence-corrected chi connectivity index (χ2v) is 5.40. The molecule has 7 nitrogen and oxygen atoms in total. The standard InChI is InChI=1S/C16H13F3N4O3/c1-24-7-11-13-12(10(6-20)14(21)25-15(13)23-22-11)8-2-4-9(5-3-8)26-16(17,18)19/h2-5,12H,7,21H2,1H3,(H,22,23)/t12-/m1/s1. The lowest BCUT2D eigenvalue weighted by atomic mass is 9.84. The molecule has 0 aliphatic carbocycles. The maximum absolute atomic E-state index is 12.3. The number of nitrogens with two attached hydrogens (primary N) is 1. The van der Waals surface area contributed by atoms with Crippen LogP contribution in [0.4, 0.5) is 13.2 Å². The number of allylic oxidation sites excluding steroid dienone is 1. The van der Waals surface area contributed by atoms with Crippen LogP contribution in [0.1, 0.15) is 22.7 Å². The van der Waals surface area contributed by atoms with Gasteiger partial charge in [0.25, 0.3) is 0 Å². The van der Waals surface area contributed by atoms with Crippen LogP contribution in [0.5, 0.6) is 11.6 Å². The molecule has 1 aliphatic heterocycles. The van der Waals surface area contributed by atoms with E-state index in [1.165, 1.54) is 31.4 Å². The first-order valence-electron chi connectivity index (χ1n) is 7.33. The van der Waals surface area contributed by atoms with Crippen molar-refractivity contribution in [3.63, 3.8) is 0 Å². The molecule has 0 unspecified atom stereocenters. The van der Waals surface area contributed by atoms with E-state index in [9.17, 15) is 18.4 Å². The number of nitrogens with zero attached hydrogens (tertiary/aromatic N) is 2. The van der Waals surface area contributed by atoms with Gasteiger partial charge < -0.3 is 19.9 Å². The van der Waals surface area contributed by atoms with Crippen LogP contribution >= 0.6 is 0 Å². The maximum Gasteiger partial charge on any atom is 0.573 e. The fourth-order valence-corrected chi connectivity index (χ4v) is 2.76. The van der Waals surface area contributed by atoms with Crippen LogP contribution < -0.4 is 15.2 Å². The third kappa shape index (κ3) is 3.29. The van der Waals surface area contributed by atoms with Gasteiger partial charge in [-0.15, -0.1) is 18.3 Å². The highest BCUT2D eigenvalue weighted by molar-refractivity contribution is 5.55. The zero-order valence-corrected chi connectivity index (χ0v) is 13.4. The third-order valence-corrected chi connectivity index (χ3v) is 3.75. The second kappa shape index (κ2) is 6.61. The van der Waals surface area contributed by atoms with E-state index >= 15 is 0 Å². The normalized spacial score (nSPS) is 16.7. The SMILES string of the molecule is COCc1[nH]nc2c1[C@H](c1ccc(OC(F)(F)F)cc1)C(C#N)=C(N)O2. The Morgan fingerprint density at radius 1 is 1.35 bits per heavy atom. The lowest BCUT2D eigenvalue weighted by molar-refractivity contribution is -0.274. The fourth-order valence-electron chi connectivity index (χ4n) is 2.76. The molecule has 1 aromatic heterocycles. The summed E-state index contributed by atoms with van der Waals surface area (Å²) in [6.07, 6.45) is -4.79. The van der Waals surface area contributed by atoms with E-state index in [-0.39, 0.29) is 29.7 Å². The highest BCUT2D eigenvalue weighted by Crippen LogP contribution is 2.43. The van der Waals surface area contributed by atoms with Crippen molar-refractivity contribution < 1.29 is 27.4 Å². The summed E-state index contributed by atoms with van der Waals surface area (Å²) < 4.78 is 51.3. The predicted molar refractivity (Wildman–Crippen MR) is 81.7 cm³/mol. The quantitative estimate of drug-likeness (QED) is 0.862. The summed E-state index contributed by atoms with van der Waals surface area (Å²) >= 11 is 0. The van der Waals surface area contributed by atoms with Gasteiger partial charge in [0.15, 0.2) is 0 Å². The van der Waals surface area contributed by atoms with E-state index in [2.05, 4.69) is 14.9 Å². The van der Waals surface area contributed by atoms with Gasteiger partial charge in [-0.2, -0.15) is 5.26 Å². The Balaban J connectivity index is 2.05. The number of nitrogens with one attached hydrogen (secondary N) is 1. The van der Waals surface area contributed by atoms with Crippen LogP contribution in [-0.4, -0.2) is 23.7 Å². The maximum atomic E-state index is 12.3. The second-order valence-electron chi connectivity index (χ2n) is 5.40. The number of halogens is 3. The molecular weight excluding hydrogens is 353 g/mol. The molecule has 1 aromatic carbocycles. The van der Waals surface area contributed by atoms with Gasteiger partial charge in [0.1, 0.15) is 17.4 Å². The largest absolute Gasteiger partial charge is 0.573 e. The third-order valence-electron chi connectivity index (χ3n) is 3.75. The van der Waals surface area contributed by atoms with Crippen LogP contribution in [-0.2, 0) is 11.3 Å². The van der Waals surface area contributed by atoms with E-state index in [0.29, 0.717) is 16.8 Å². The van der Waals surface area contributed by atoms with Gasteiger partial charge in [0.05, 0.1) is 23.8 Å². The van der Waals surface area contributed by atoms with Gasteiger partial charge in [-0.25, -0.2) is 0 Å². The fraction of sp³-hybridized carbons (Fsp3) is 0.250. The Labute approximate surface area is 145 Å². The van der Waals surface area contributed by atoms with Gasteiger partial charge in [0, 0.05) is 7.11 Å². The van der Waals surface area contributed by atoms with Crippen molar-refractivity contribution in [2.24, 2.45) is 5.73 Å². The summed E-state index contributed by atoms with van der Waals surface area (Å²) in [5.41, 5.74) is 7.58. The van der Waals surface area contributed by atoms with Crippen molar-refractivity contribution in [3.8, 4) is 17.7 Å². The highest BCUT2D eigenvalue weighted by atomic mass is 19.4. The number of aromatic amines is 1. The number of rotatable bonds is 4. The van der Waals surface area contributed by atoms with E-state index in [0.717, 1.165) is 0 Å². The van der Waals surface area contributed by atoms with Crippen molar-refractivity contribution in [3.05, 3.63) is 52.5 Å². The number of aromatic nitrogens is 2. The zero-order chi connectivity index (χ0) is 18.9. The average molecular weight is 366 g/mol. The molecule has 1 aliphatic rings. The number of hydrogen-bond donors (Lipinski definition) is 2. The number of hydrogen-bond acceptors (Lipinski definition) is 6. The average Bonchev–Trinajstić information content (AvgIpc) is 2.96. The Bertz CT molecular complexity index is 882. The van der Waals surface area contributed by atoms with Crippen LogP contribution in [0.25, 0.3) is 0 Å². The Morgan fingerprint density at radius 2 is 2.04 bits per heavy atom. The van der Waals surface area contributed by atoms with Crippen molar-refractivity contribution in [1.82, 2.24) is 10.2 Å². The molecule has 136 valence electrons. The Morgan fingerprint density at radius 3 is 2.62 bits per heavy atom. The van der Waals surface area contributed by atoms with Gasteiger partial charge in [0.2, 0.25) is 11.8 Å². The lowest BCUT2D eigenvalue weighted by Crippen LogP contribution is -2.21. The van der Waals surface area contributed by atoms with Crippen molar-refractivity contribution in [1.29, 1.82) is 5.26 Å². The molecule has 1 atom stereocenters. The summed E-state index contributed by atoms with van der Waals surface area (Å²) in [4.78, 5) is 0. The van der Waals surface area contributed by atoms with Crippen molar-refractivity contribution in [2.75, 3.05) is 7.11 Å². The Kier molecular flexibility index (Phi) is 4.48. The van der Waals surface area contributed by atoms with Crippen molar-refractivity contribution >= 4 is 0 Å². The van der Waals surface area contributed by atoms with Crippen LogP contribution in [0.15, 0.2) is 35.7 Å². The molecule has 0 radical (unpaired) electrons. The van der Waals surface area contributed by atoms with Crippen LogP contribution in [0.2, 0.25) is 0 Å². The molecular formula is C16H13F3N4O3. The molecule has 2 aromatic rings. The molecule has 2 heterocycles. The number of nitriles is 1. The molecule has 26 heavy (non-hydrogen) atoms. The first-order valence-corrected chi connectivity index (χ1v) is 7.33. The lowest BCUT2D eigenvalue weighted by Gasteiger charge is -2.24. The molecule has 0 fully saturated rings. The van der Waals surface area contributed by atoms with Gasteiger partial charge in [-0.05, 0) is 17.7 Å². The summed E-state index contributed by atoms with van der Waals surface area (Å²) in [6, 6.07) is 7.17. The number of alkyl halides is 3. The van der Waals surface area contributed by atoms with E-state index in [1.807, 2.05) is 6.07 Å². The molecule has 0 saturated heterocycles. The summed E-state index contributed by atoms with van der Waals surface area (Å²) in [5, 5.41) is 16.3. The summed E-state index contributed by atoms with van der Waals surface area (Å²) in [5.74, 6) is -0.953. The first kappa shape index (κ1) is 17.6. The van der Waals surface area contributed by atoms with E-state index in [1.54, 1.807) is 0 Å². The number of benzene rings is 1. The number of ether oxygens (including phenoxy) is 3. The minimum Gasteiger partial charge on any atom is -0.420 e. The molecule has 0 saturated carbocycles. The van der Waals surface area contributed by atoms with Gasteiger partial charge in [-0.1, -0.05) is 12.1 Å². The van der Waals surface area contributed by atoms with Crippen LogP contribution in [0.3, 0.4) is 0 Å². The number of methoxy groups -OCH3 is 1. The van der Waals surface area contributed by atoms with E-state index < -0.39 is 12.3 Å².